The maximum atomic E-state index is 9.27. The molecule has 1 unspecified atom stereocenters. The molecule has 1 aliphatic rings. The Morgan fingerprint density at radius 2 is 2.00 bits per heavy atom. The van der Waals surface area contributed by atoms with Crippen molar-refractivity contribution in [2.75, 3.05) is 53.0 Å². The van der Waals surface area contributed by atoms with Crippen LogP contribution in [0.25, 0.3) is 0 Å². The molecule has 6 nitrogen and oxygen atoms in total. The number of halogens is 1. The molecule has 0 bridgehead atoms. The van der Waals surface area contributed by atoms with Gasteiger partial charge in [0.1, 0.15) is 0 Å². The highest BCUT2D eigenvalue weighted by Crippen LogP contribution is 2.16. The van der Waals surface area contributed by atoms with Crippen LogP contribution in [0.3, 0.4) is 0 Å². The third-order valence-corrected chi connectivity index (χ3v) is 4.73. The summed E-state index contributed by atoms with van der Waals surface area (Å²) < 4.78 is 5.17. The molecular formula is C19H41IN4O2. The number of guanidine groups is 1. The van der Waals surface area contributed by atoms with E-state index in [1.807, 2.05) is 0 Å². The van der Waals surface area contributed by atoms with Crippen LogP contribution in [0.2, 0.25) is 0 Å². The maximum Gasteiger partial charge on any atom is 0.191 e. The van der Waals surface area contributed by atoms with Gasteiger partial charge in [0, 0.05) is 52.5 Å². The molecule has 0 aromatic rings. The van der Waals surface area contributed by atoms with E-state index in [0.29, 0.717) is 17.9 Å². The highest BCUT2D eigenvalue weighted by molar-refractivity contribution is 14.0. The van der Waals surface area contributed by atoms with Crippen LogP contribution in [0.1, 0.15) is 46.5 Å². The van der Waals surface area contributed by atoms with Gasteiger partial charge in [-0.05, 0) is 44.4 Å². The van der Waals surface area contributed by atoms with Gasteiger partial charge in [0.05, 0.1) is 6.61 Å². The Hall–Kier alpha value is -0.120. The van der Waals surface area contributed by atoms with Crippen molar-refractivity contribution in [2.24, 2.45) is 16.8 Å². The number of likely N-dealkylation sites (tertiary alicyclic amines) is 1. The maximum absolute atomic E-state index is 9.27. The number of nitrogens with one attached hydrogen (secondary N) is 2. The number of aliphatic hydroxyl groups excluding tert-OH is 1. The molecule has 0 aliphatic carbocycles. The van der Waals surface area contributed by atoms with E-state index in [-0.39, 0.29) is 30.6 Å². The van der Waals surface area contributed by atoms with Crippen LogP contribution in [-0.2, 0) is 4.74 Å². The first kappa shape index (κ1) is 25.9. The summed E-state index contributed by atoms with van der Waals surface area (Å²) in [6.07, 6.45) is 4.22. The SMILES string of the molecule is CCNC(=NCC(CCO)CC(C)C)NC1CCN(CCOC)CC1.I. The lowest BCUT2D eigenvalue weighted by atomic mass is 9.94. The lowest BCUT2D eigenvalue weighted by Crippen LogP contribution is -2.49. The summed E-state index contributed by atoms with van der Waals surface area (Å²) in [6.45, 7) is 12.5. The van der Waals surface area contributed by atoms with Crippen molar-refractivity contribution < 1.29 is 9.84 Å². The van der Waals surface area contributed by atoms with E-state index in [1.165, 1.54) is 0 Å². The molecule has 1 rings (SSSR count). The highest BCUT2D eigenvalue weighted by Gasteiger charge is 2.20. The minimum atomic E-state index is 0. The van der Waals surface area contributed by atoms with Gasteiger partial charge in [-0.25, -0.2) is 0 Å². The average Bonchev–Trinajstić information content (AvgIpc) is 2.59. The van der Waals surface area contributed by atoms with E-state index in [9.17, 15) is 5.11 Å². The van der Waals surface area contributed by atoms with Crippen molar-refractivity contribution in [3.05, 3.63) is 0 Å². The van der Waals surface area contributed by atoms with Gasteiger partial charge in [-0.15, -0.1) is 24.0 Å². The Balaban J connectivity index is 0.00000625. The first-order chi connectivity index (χ1) is 12.1. The van der Waals surface area contributed by atoms with Crippen LogP contribution in [0.5, 0.6) is 0 Å². The number of hydrogen-bond acceptors (Lipinski definition) is 4. The summed E-state index contributed by atoms with van der Waals surface area (Å²) in [5.41, 5.74) is 0. The Labute approximate surface area is 177 Å². The molecule has 0 spiro atoms. The minimum Gasteiger partial charge on any atom is -0.396 e. The Kier molecular flexibility index (Phi) is 15.8. The zero-order valence-corrected chi connectivity index (χ0v) is 19.5. The molecule has 1 atom stereocenters. The summed E-state index contributed by atoms with van der Waals surface area (Å²) in [6, 6.07) is 0.484. The fourth-order valence-electron chi connectivity index (χ4n) is 3.39. The molecule has 1 fully saturated rings. The van der Waals surface area contributed by atoms with Gasteiger partial charge in [-0.1, -0.05) is 13.8 Å². The molecule has 0 radical (unpaired) electrons. The lowest BCUT2D eigenvalue weighted by Gasteiger charge is -2.33. The lowest BCUT2D eigenvalue weighted by molar-refractivity contribution is 0.128. The smallest absolute Gasteiger partial charge is 0.191 e. The van der Waals surface area contributed by atoms with Crippen LogP contribution in [-0.4, -0.2) is 75.1 Å². The third-order valence-electron chi connectivity index (χ3n) is 4.73. The Morgan fingerprint density at radius 1 is 1.31 bits per heavy atom. The second-order valence-corrected chi connectivity index (χ2v) is 7.48. The first-order valence-corrected chi connectivity index (χ1v) is 9.96. The van der Waals surface area contributed by atoms with Crippen LogP contribution in [0.4, 0.5) is 0 Å². The van der Waals surface area contributed by atoms with Crippen molar-refractivity contribution >= 4 is 29.9 Å². The molecule has 1 aliphatic heterocycles. The van der Waals surface area contributed by atoms with Gasteiger partial charge < -0.3 is 25.4 Å². The second-order valence-electron chi connectivity index (χ2n) is 7.48. The second kappa shape index (κ2) is 15.9. The van der Waals surface area contributed by atoms with E-state index < -0.39 is 0 Å². The minimum absolute atomic E-state index is 0. The number of rotatable bonds is 11. The van der Waals surface area contributed by atoms with Crippen LogP contribution < -0.4 is 10.6 Å². The number of aliphatic hydroxyl groups is 1. The number of ether oxygens (including phenoxy) is 1. The molecule has 0 saturated carbocycles. The number of methoxy groups -OCH3 is 1. The summed E-state index contributed by atoms with van der Waals surface area (Å²) >= 11 is 0. The molecule has 0 aromatic heterocycles. The predicted molar refractivity (Wildman–Crippen MR) is 121 cm³/mol. The number of hydrogen-bond donors (Lipinski definition) is 3. The van der Waals surface area contributed by atoms with Crippen LogP contribution >= 0.6 is 24.0 Å². The third kappa shape index (κ3) is 11.6. The molecule has 7 heteroatoms. The number of aliphatic imine (C=N–C) groups is 1. The largest absolute Gasteiger partial charge is 0.396 e. The van der Waals surface area contributed by atoms with Crippen LogP contribution in [0.15, 0.2) is 4.99 Å². The fraction of sp³-hybridized carbons (Fsp3) is 0.947. The summed E-state index contributed by atoms with van der Waals surface area (Å²) in [7, 11) is 1.76. The molecule has 0 aromatic carbocycles. The zero-order valence-electron chi connectivity index (χ0n) is 17.2. The van der Waals surface area contributed by atoms with Crippen molar-refractivity contribution in [3.63, 3.8) is 0 Å². The predicted octanol–water partition coefficient (Wildman–Crippen LogP) is 2.31. The van der Waals surface area contributed by atoms with Crippen molar-refractivity contribution in [3.8, 4) is 0 Å². The van der Waals surface area contributed by atoms with E-state index >= 15 is 0 Å². The van der Waals surface area contributed by atoms with Gasteiger partial charge >= 0.3 is 0 Å². The van der Waals surface area contributed by atoms with Crippen molar-refractivity contribution in [2.45, 2.75) is 52.5 Å². The van der Waals surface area contributed by atoms with Gasteiger partial charge in [-0.2, -0.15) is 0 Å². The van der Waals surface area contributed by atoms with E-state index in [2.05, 4.69) is 36.3 Å². The number of piperidine rings is 1. The Bertz CT molecular complexity index is 361. The van der Waals surface area contributed by atoms with Crippen molar-refractivity contribution in [1.29, 1.82) is 0 Å². The molecule has 3 N–H and O–H groups in total. The molecule has 1 saturated heterocycles. The van der Waals surface area contributed by atoms with Gasteiger partial charge in [0.15, 0.2) is 5.96 Å². The molecule has 26 heavy (non-hydrogen) atoms. The molecule has 0 amide bonds. The summed E-state index contributed by atoms with van der Waals surface area (Å²) in [4.78, 5) is 7.26. The summed E-state index contributed by atoms with van der Waals surface area (Å²) in [5, 5.41) is 16.2. The molecule has 156 valence electrons. The normalized spacial score (nSPS) is 17.8. The standard InChI is InChI=1S/C19H40N4O2.HI/c1-5-20-19(21-15-17(8-12-24)14-16(2)3)22-18-6-9-23(10-7-18)11-13-25-4;/h16-18,24H,5-15H2,1-4H3,(H2,20,21,22);1H. The van der Waals surface area contributed by atoms with Gasteiger partial charge in [0.25, 0.3) is 0 Å². The fourth-order valence-corrected chi connectivity index (χ4v) is 3.39. The topological polar surface area (TPSA) is 69.1 Å². The first-order valence-electron chi connectivity index (χ1n) is 9.96. The number of nitrogens with zero attached hydrogens (tertiary/aromatic N) is 2. The average molecular weight is 484 g/mol. The van der Waals surface area contributed by atoms with E-state index in [0.717, 1.165) is 71.0 Å². The van der Waals surface area contributed by atoms with E-state index in [1.54, 1.807) is 7.11 Å². The van der Waals surface area contributed by atoms with Gasteiger partial charge in [-0.3, -0.25) is 4.99 Å². The van der Waals surface area contributed by atoms with Crippen LogP contribution in [0, 0.1) is 11.8 Å². The van der Waals surface area contributed by atoms with E-state index in [4.69, 9.17) is 9.73 Å². The van der Waals surface area contributed by atoms with Gasteiger partial charge in [0.2, 0.25) is 0 Å². The van der Waals surface area contributed by atoms with Crippen molar-refractivity contribution in [1.82, 2.24) is 15.5 Å². The monoisotopic (exact) mass is 484 g/mol. The zero-order chi connectivity index (χ0) is 18.5. The quantitative estimate of drug-likeness (QED) is 0.239. The summed E-state index contributed by atoms with van der Waals surface area (Å²) in [5.74, 6) is 2.01. The molecule has 1 heterocycles. The highest BCUT2D eigenvalue weighted by atomic mass is 127. The Morgan fingerprint density at radius 3 is 2.54 bits per heavy atom. The molecular weight excluding hydrogens is 443 g/mol.